The summed E-state index contributed by atoms with van der Waals surface area (Å²) in [6.07, 6.45) is 1.98. The Morgan fingerprint density at radius 1 is 1.17 bits per heavy atom. The fourth-order valence-electron chi connectivity index (χ4n) is 1.42. The zero-order valence-electron chi connectivity index (χ0n) is 6.86. The number of benzene rings is 1. The number of para-hydroxylation sites is 1. The maximum absolute atomic E-state index is 9.55. The van der Waals surface area contributed by atoms with Crippen molar-refractivity contribution in [1.29, 1.82) is 0 Å². The average Bonchev–Trinajstić information content (AvgIpc) is 2.04. The zero-order valence-corrected chi connectivity index (χ0v) is 8.86. The Kier molecular flexibility index (Phi) is 1.76. The lowest BCUT2D eigenvalue weighted by Crippen LogP contribution is -2.31. The Balaban J connectivity index is 2.96. The van der Waals surface area contributed by atoms with Gasteiger partial charge in [0.2, 0.25) is 5.52 Å². The van der Waals surface area contributed by atoms with Gasteiger partial charge in [0.25, 0.3) is 0 Å². The van der Waals surface area contributed by atoms with E-state index in [1.54, 1.807) is 6.07 Å². The first-order valence-electron chi connectivity index (χ1n) is 3.85. The van der Waals surface area contributed by atoms with E-state index in [4.69, 9.17) is 0 Å². The molecule has 0 aliphatic carbocycles. The highest BCUT2D eigenvalue weighted by Crippen LogP contribution is 2.19. The Morgan fingerprint density at radius 3 is 2.67 bits per heavy atom. The Hall–Kier alpha value is -1.04. The molecule has 1 aromatic carbocycles. The van der Waals surface area contributed by atoms with Gasteiger partial charge in [-0.15, -0.1) is 0 Å². The van der Waals surface area contributed by atoms with Gasteiger partial charge in [0.05, 0.1) is 0 Å². The summed E-state index contributed by atoms with van der Waals surface area (Å²) in [6.45, 7) is 0. The van der Waals surface area contributed by atoms with Crippen LogP contribution in [0.5, 0.6) is 5.75 Å². The lowest BCUT2D eigenvalue weighted by atomic mass is 10.2. The highest BCUT2D eigenvalue weighted by atomic mass is 27.1. The van der Waals surface area contributed by atoms with Crippen molar-refractivity contribution in [2.45, 2.75) is 0 Å². The minimum atomic E-state index is 0.364. The molecule has 0 amide bonds. The standard InChI is InChI=1S/C9H7NO.Al.2H/c11-8-5-1-3-7-4-2-6-10-9(7)8;;;/h1-6,11H;;;/q;+1;;. The quantitative estimate of drug-likeness (QED) is 0.568. The van der Waals surface area contributed by atoms with E-state index in [9.17, 15) is 5.11 Å². The summed E-state index contributed by atoms with van der Waals surface area (Å²) in [4.78, 5) is 0. The van der Waals surface area contributed by atoms with E-state index in [2.05, 4.69) is 0 Å². The number of hydrogen-bond donors (Lipinski definition) is 1. The highest BCUT2D eigenvalue weighted by Gasteiger charge is 2.05. The summed E-state index contributed by atoms with van der Waals surface area (Å²) in [5.74, 6) is 0.364. The summed E-state index contributed by atoms with van der Waals surface area (Å²) in [7, 11) is 0. The summed E-state index contributed by atoms with van der Waals surface area (Å²) < 4.78 is 2.05. The van der Waals surface area contributed by atoms with Gasteiger partial charge in [-0.3, -0.25) is 0 Å². The van der Waals surface area contributed by atoms with Gasteiger partial charge < -0.3 is 8.66 Å². The molecule has 0 fully saturated rings. The first-order chi connectivity index (χ1) is 5.79. The SMILES string of the molecule is Oc1cccc2ccc[n+]([AlH2])c12. The molecule has 1 N–H and O–H groups in total. The minimum Gasteiger partial charge on any atom is -0.502 e. The number of hydrogen-bond acceptors (Lipinski definition) is 1. The Morgan fingerprint density at radius 2 is 1.92 bits per heavy atom. The maximum atomic E-state index is 9.55. The van der Waals surface area contributed by atoms with Crippen molar-refractivity contribution >= 4 is 27.4 Å². The van der Waals surface area contributed by atoms with Crippen LogP contribution in [0.2, 0.25) is 0 Å². The second-order valence-electron chi connectivity index (χ2n) is 2.83. The second kappa shape index (κ2) is 2.78. The molecule has 58 valence electrons. The van der Waals surface area contributed by atoms with Crippen molar-refractivity contribution in [2.75, 3.05) is 0 Å². The van der Waals surface area contributed by atoms with E-state index >= 15 is 0 Å². The highest BCUT2D eigenvalue weighted by molar-refractivity contribution is 5.98. The van der Waals surface area contributed by atoms with Crippen molar-refractivity contribution in [2.24, 2.45) is 0 Å². The van der Waals surface area contributed by atoms with Crippen LogP contribution in [0.4, 0.5) is 0 Å². The van der Waals surface area contributed by atoms with Crippen molar-refractivity contribution in [3.8, 4) is 5.75 Å². The predicted octanol–water partition coefficient (Wildman–Crippen LogP) is 0.229. The minimum absolute atomic E-state index is 0.364. The van der Waals surface area contributed by atoms with Crippen LogP contribution in [0.1, 0.15) is 0 Å². The molecule has 0 saturated heterocycles. The van der Waals surface area contributed by atoms with Crippen molar-refractivity contribution in [3.63, 3.8) is 0 Å². The number of phenols is 1. The van der Waals surface area contributed by atoms with Crippen LogP contribution in [0.3, 0.4) is 0 Å². The first kappa shape index (κ1) is 7.60. The molecule has 0 aliphatic heterocycles. The maximum Gasteiger partial charge on any atom is 0.699 e. The van der Waals surface area contributed by atoms with Gasteiger partial charge in [-0.25, -0.2) is 0 Å². The normalized spacial score (nSPS) is 10.3. The third-order valence-corrected chi connectivity index (χ3v) is 2.73. The van der Waals surface area contributed by atoms with E-state index in [-0.39, 0.29) is 0 Å². The van der Waals surface area contributed by atoms with Gasteiger partial charge in [-0.05, 0) is 24.3 Å². The predicted molar refractivity (Wildman–Crippen MR) is 49.7 cm³/mol. The molecule has 2 nitrogen and oxygen atoms in total. The van der Waals surface area contributed by atoms with Gasteiger partial charge in [-0.1, -0.05) is 6.07 Å². The fourth-order valence-corrected chi connectivity index (χ4v) is 2.08. The number of aromatic hydroxyl groups is 1. The smallest absolute Gasteiger partial charge is 0.502 e. The summed E-state index contributed by atoms with van der Waals surface area (Å²) in [6, 6.07) is 9.58. The van der Waals surface area contributed by atoms with E-state index in [1.165, 1.54) is 0 Å². The average molecular weight is 174 g/mol. The molecule has 12 heavy (non-hydrogen) atoms. The fraction of sp³-hybridized carbons (Fsp3) is 0. The molecular formula is C9H9AlNO+. The lowest BCUT2D eigenvalue weighted by Gasteiger charge is -2.00. The van der Waals surface area contributed by atoms with E-state index in [0.29, 0.717) is 5.75 Å². The van der Waals surface area contributed by atoms with Crippen molar-refractivity contribution in [1.82, 2.24) is 0 Å². The monoisotopic (exact) mass is 174 g/mol. The van der Waals surface area contributed by atoms with Gasteiger partial charge in [0.1, 0.15) is 6.20 Å². The largest absolute Gasteiger partial charge is 0.699 e. The van der Waals surface area contributed by atoms with E-state index in [0.717, 1.165) is 27.4 Å². The van der Waals surface area contributed by atoms with Gasteiger partial charge in [0.15, 0.2) is 5.75 Å². The Bertz CT molecular complexity index is 391. The molecule has 0 aliphatic rings. The van der Waals surface area contributed by atoms with E-state index in [1.807, 2.05) is 34.0 Å². The van der Waals surface area contributed by atoms with Crippen LogP contribution >= 0.6 is 0 Å². The lowest BCUT2D eigenvalue weighted by molar-refractivity contribution is -0.491. The topological polar surface area (TPSA) is 24.1 Å². The van der Waals surface area contributed by atoms with Crippen LogP contribution < -0.4 is 3.55 Å². The number of phenolic OH excluding ortho intramolecular Hbond substituents is 1. The van der Waals surface area contributed by atoms with Crippen LogP contribution in [0.25, 0.3) is 10.9 Å². The molecule has 0 spiro atoms. The third-order valence-electron chi connectivity index (χ3n) is 1.98. The number of fused-ring (bicyclic) bond motifs is 1. The summed E-state index contributed by atoms with van der Waals surface area (Å²) in [5, 5.41) is 10.6. The van der Waals surface area contributed by atoms with Crippen molar-refractivity contribution < 1.29 is 8.66 Å². The van der Waals surface area contributed by atoms with Gasteiger partial charge >= 0.3 is 16.5 Å². The zero-order chi connectivity index (χ0) is 8.55. The van der Waals surface area contributed by atoms with Gasteiger partial charge in [-0.2, -0.15) is 0 Å². The van der Waals surface area contributed by atoms with Gasteiger partial charge in [0, 0.05) is 5.39 Å². The Labute approximate surface area is 78.7 Å². The molecule has 3 heteroatoms. The molecule has 0 bridgehead atoms. The molecule has 2 rings (SSSR count). The molecule has 0 radical (unpaired) electrons. The molecule has 2 aromatic rings. The molecule has 1 heterocycles. The molecule has 0 saturated carbocycles. The second-order valence-corrected chi connectivity index (χ2v) is 3.80. The molecule has 0 atom stereocenters. The van der Waals surface area contributed by atoms with Crippen LogP contribution in [0.15, 0.2) is 36.5 Å². The number of rotatable bonds is 0. The number of pyridine rings is 1. The number of nitrogens with zero attached hydrogens (tertiary/aromatic N) is 1. The number of aromatic nitrogens is 1. The molecule has 0 unspecified atom stereocenters. The summed E-state index contributed by atoms with van der Waals surface area (Å²) >= 11 is 0.892. The first-order valence-corrected chi connectivity index (χ1v) is 4.75. The molecule has 1 aromatic heterocycles. The molecular weight excluding hydrogens is 165 g/mol. The van der Waals surface area contributed by atoms with Crippen molar-refractivity contribution in [3.05, 3.63) is 36.5 Å². The van der Waals surface area contributed by atoms with Crippen LogP contribution in [-0.2, 0) is 0 Å². The van der Waals surface area contributed by atoms with Crippen LogP contribution in [0, 0.1) is 0 Å². The van der Waals surface area contributed by atoms with E-state index < -0.39 is 0 Å². The summed E-state index contributed by atoms with van der Waals surface area (Å²) in [5.41, 5.74) is 0.937. The van der Waals surface area contributed by atoms with Crippen LogP contribution in [-0.4, -0.2) is 21.6 Å². The third kappa shape index (κ3) is 1.08.